The number of amides is 1. The number of phenols is 1. The first-order valence-corrected chi connectivity index (χ1v) is 9.92. The van der Waals surface area contributed by atoms with Crippen molar-refractivity contribution in [3.05, 3.63) is 71.8 Å². The van der Waals surface area contributed by atoms with Crippen molar-refractivity contribution in [3.8, 4) is 16.2 Å². The third-order valence-electron chi connectivity index (χ3n) is 3.95. The highest BCUT2D eigenvalue weighted by Gasteiger charge is 2.20. The molecule has 1 amide bonds. The Hall–Kier alpha value is -3.65. The Balaban J connectivity index is 1.72. The van der Waals surface area contributed by atoms with Gasteiger partial charge in [-0.2, -0.15) is 0 Å². The molecule has 2 aromatic carbocycles. The molecular formula is C22H19NO6S. The minimum absolute atomic E-state index is 0.0833. The summed E-state index contributed by atoms with van der Waals surface area (Å²) in [7, 11) is 0. The molecule has 0 spiro atoms. The van der Waals surface area contributed by atoms with E-state index < -0.39 is 24.5 Å². The molecule has 1 aromatic heterocycles. The van der Waals surface area contributed by atoms with Gasteiger partial charge in [0.05, 0.1) is 17.7 Å². The fraction of sp³-hybridized carbons (Fsp3) is 0.136. The number of phenolic OH excluding ortho intramolecular Hbond substituents is 1. The predicted molar refractivity (Wildman–Crippen MR) is 113 cm³/mol. The lowest BCUT2D eigenvalue weighted by Gasteiger charge is -2.07. The number of rotatable bonds is 7. The molecule has 0 fully saturated rings. The van der Waals surface area contributed by atoms with Crippen molar-refractivity contribution >= 4 is 34.2 Å². The van der Waals surface area contributed by atoms with Gasteiger partial charge in [-0.1, -0.05) is 36.4 Å². The zero-order valence-electron chi connectivity index (χ0n) is 16.1. The van der Waals surface area contributed by atoms with Crippen LogP contribution in [0.1, 0.15) is 27.6 Å². The second-order valence-electron chi connectivity index (χ2n) is 6.11. The maximum atomic E-state index is 12.3. The summed E-state index contributed by atoms with van der Waals surface area (Å²) in [5.41, 5.74) is 1.25. The Morgan fingerprint density at radius 2 is 1.73 bits per heavy atom. The van der Waals surface area contributed by atoms with Crippen molar-refractivity contribution in [1.29, 1.82) is 0 Å². The molecule has 8 heteroatoms. The zero-order chi connectivity index (χ0) is 21.5. The highest BCUT2D eigenvalue weighted by Crippen LogP contribution is 2.35. The van der Waals surface area contributed by atoms with Gasteiger partial charge in [-0.3, -0.25) is 4.79 Å². The fourth-order valence-electron chi connectivity index (χ4n) is 2.60. The summed E-state index contributed by atoms with van der Waals surface area (Å²) >= 11 is 1.22. The average Bonchev–Trinajstić information content (AvgIpc) is 3.16. The number of anilines is 1. The summed E-state index contributed by atoms with van der Waals surface area (Å²) in [5.74, 6) is -1.98. The fourth-order valence-corrected chi connectivity index (χ4v) is 3.67. The third kappa shape index (κ3) is 5.24. The molecule has 154 valence electrons. The van der Waals surface area contributed by atoms with E-state index in [4.69, 9.17) is 9.47 Å². The number of benzene rings is 2. The first-order chi connectivity index (χ1) is 14.5. The molecule has 7 nitrogen and oxygen atoms in total. The van der Waals surface area contributed by atoms with E-state index >= 15 is 0 Å². The maximum absolute atomic E-state index is 12.3. The van der Waals surface area contributed by atoms with E-state index in [2.05, 4.69) is 5.32 Å². The van der Waals surface area contributed by atoms with E-state index in [-0.39, 0.29) is 23.5 Å². The van der Waals surface area contributed by atoms with Gasteiger partial charge in [0.25, 0.3) is 5.91 Å². The lowest BCUT2D eigenvalue weighted by Crippen LogP contribution is -2.21. The molecule has 0 saturated heterocycles. The molecule has 0 atom stereocenters. The SMILES string of the molecule is CCOC(=O)c1cc(-c2ccccc2)sc1NC(=O)COC(=O)c1cccc(O)c1. The second kappa shape index (κ2) is 9.71. The molecule has 2 N–H and O–H groups in total. The predicted octanol–water partition coefficient (Wildman–Crippen LogP) is 4.09. The number of ether oxygens (including phenoxy) is 2. The number of esters is 2. The van der Waals surface area contributed by atoms with Crippen LogP contribution in [0.25, 0.3) is 10.4 Å². The summed E-state index contributed by atoms with van der Waals surface area (Å²) in [6.45, 7) is 1.35. The van der Waals surface area contributed by atoms with Crippen molar-refractivity contribution in [1.82, 2.24) is 0 Å². The normalized spacial score (nSPS) is 10.3. The zero-order valence-corrected chi connectivity index (χ0v) is 16.9. The topological polar surface area (TPSA) is 102 Å². The average molecular weight is 425 g/mol. The van der Waals surface area contributed by atoms with Gasteiger partial charge in [0.2, 0.25) is 0 Å². The Bertz CT molecular complexity index is 1060. The monoisotopic (exact) mass is 425 g/mol. The Morgan fingerprint density at radius 3 is 2.43 bits per heavy atom. The Morgan fingerprint density at radius 1 is 0.967 bits per heavy atom. The van der Waals surface area contributed by atoms with Crippen LogP contribution in [0.4, 0.5) is 5.00 Å². The molecule has 0 radical (unpaired) electrons. The van der Waals surface area contributed by atoms with Gasteiger partial charge in [0.1, 0.15) is 10.8 Å². The van der Waals surface area contributed by atoms with Gasteiger partial charge in [-0.25, -0.2) is 9.59 Å². The molecule has 30 heavy (non-hydrogen) atoms. The van der Waals surface area contributed by atoms with Gasteiger partial charge >= 0.3 is 11.9 Å². The lowest BCUT2D eigenvalue weighted by atomic mass is 10.1. The van der Waals surface area contributed by atoms with Gasteiger partial charge in [0.15, 0.2) is 6.61 Å². The molecule has 0 aliphatic heterocycles. The smallest absolute Gasteiger partial charge is 0.341 e. The van der Waals surface area contributed by atoms with Crippen LogP contribution >= 0.6 is 11.3 Å². The van der Waals surface area contributed by atoms with E-state index in [1.165, 1.54) is 35.6 Å². The van der Waals surface area contributed by atoms with E-state index in [9.17, 15) is 19.5 Å². The highest BCUT2D eigenvalue weighted by atomic mass is 32.1. The number of hydrogen-bond acceptors (Lipinski definition) is 7. The molecule has 0 bridgehead atoms. The van der Waals surface area contributed by atoms with Crippen molar-refractivity contribution in [2.45, 2.75) is 6.92 Å². The van der Waals surface area contributed by atoms with Crippen molar-refractivity contribution in [3.63, 3.8) is 0 Å². The van der Waals surface area contributed by atoms with E-state index in [0.29, 0.717) is 5.00 Å². The van der Waals surface area contributed by atoms with Crippen molar-refractivity contribution < 1.29 is 29.0 Å². The van der Waals surface area contributed by atoms with E-state index in [0.717, 1.165) is 10.4 Å². The van der Waals surface area contributed by atoms with Crippen molar-refractivity contribution in [2.24, 2.45) is 0 Å². The van der Waals surface area contributed by atoms with Gasteiger partial charge in [-0.15, -0.1) is 11.3 Å². The summed E-state index contributed by atoms with van der Waals surface area (Å²) in [4.78, 5) is 37.4. The first kappa shape index (κ1) is 21.1. The molecule has 0 saturated carbocycles. The molecule has 3 rings (SSSR count). The summed E-state index contributed by atoms with van der Waals surface area (Å²) in [6, 6.07) is 16.7. The molecule has 0 unspecified atom stereocenters. The lowest BCUT2D eigenvalue weighted by molar-refractivity contribution is -0.119. The van der Waals surface area contributed by atoms with Crippen LogP contribution in [0.5, 0.6) is 5.75 Å². The molecular weight excluding hydrogens is 406 g/mol. The Kier molecular flexibility index (Phi) is 6.82. The molecule has 1 heterocycles. The van der Waals surface area contributed by atoms with Crippen LogP contribution in [-0.2, 0) is 14.3 Å². The minimum Gasteiger partial charge on any atom is -0.508 e. The number of nitrogens with one attached hydrogen (secondary N) is 1. The number of thiophene rings is 1. The highest BCUT2D eigenvalue weighted by molar-refractivity contribution is 7.20. The number of carbonyl (C=O) groups excluding carboxylic acids is 3. The molecule has 0 aliphatic carbocycles. The van der Waals surface area contributed by atoms with Crippen LogP contribution in [0, 0.1) is 0 Å². The van der Waals surface area contributed by atoms with Gasteiger partial charge in [-0.05, 0) is 36.8 Å². The van der Waals surface area contributed by atoms with Crippen LogP contribution < -0.4 is 5.32 Å². The minimum atomic E-state index is -0.747. The van der Waals surface area contributed by atoms with Crippen LogP contribution in [0.3, 0.4) is 0 Å². The van der Waals surface area contributed by atoms with Gasteiger partial charge < -0.3 is 19.9 Å². The Labute approximate surface area is 176 Å². The second-order valence-corrected chi connectivity index (χ2v) is 7.17. The summed E-state index contributed by atoms with van der Waals surface area (Å²) in [6.07, 6.45) is 0. The number of aromatic hydroxyl groups is 1. The van der Waals surface area contributed by atoms with Crippen LogP contribution in [0.2, 0.25) is 0 Å². The van der Waals surface area contributed by atoms with E-state index in [1.807, 2.05) is 30.3 Å². The maximum Gasteiger partial charge on any atom is 0.341 e. The quantitative estimate of drug-likeness (QED) is 0.553. The standard InChI is InChI=1S/C22H19NO6S/c1-2-28-22(27)17-12-18(14-7-4-3-5-8-14)30-20(17)23-19(25)13-29-21(26)15-9-6-10-16(24)11-15/h3-12,24H,2,13H2,1H3,(H,23,25). The largest absolute Gasteiger partial charge is 0.508 e. The number of hydrogen-bond donors (Lipinski definition) is 2. The third-order valence-corrected chi connectivity index (χ3v) is 5.05. The molecule has 0 aliphatic rings. The summed E-state index contributed by atoms with van der Waals surface area (Å²) < 4.78 is 10.1. The summed E-state index contributed by atoms with van der Waals surface area (Å²) in [5, 5.41) is 12.3. The number of carbonyl (C=O) groups is 3. The van der Waals surface area contributed by atoms with Crippen molar-refractivity contribution in [2.75, 3.05) is 18.5 Å². The van der Waals surface area contributed by atoms with E-state index in [1.54, 1.807) is 13.0 Å². The van der Waals surface area contributed by atoms with Crippen LogP contribution in [-0.4, -0.2) is 36.2 Å². The first-order valence-electron chi connectivity index (χ1n) is 9.10. The van der Waals surface area contributed by atoms with Crippen LogP contribution in [0.15, 0.2) is 60.7 Å². The molecule has 3 aromatic rings. The van der Waals surface area contributed by atoms with Gasteiger partial charge in [0, 0.05) is 4.88 Å².